The Hall–Kier alpha value is -1.24. The topological polar surface area (TPSA) is 130 Å². The van der Waals surface area contributed by atoms with Crippen molar-refractivity contribution in [2.75, 3.05) is 39.3 Å². The minimum atomic E-state index is -3.72. The van der Waals surface area contributed by atoms with E-state index < -0.39 is 44.0 Å². The number of carbonyl (C=O) groups is 2. The van der Waals surface area contributed by atoms with Crippen LogP contribution in [0.5, 0.6) is 0 Å². The van der Waals surface area contributed by atoms with Gasteiger partial charge in [0.05, 0.1) is 19.6 Å². The van der Waals surface area contributed by atoms with Gasteiger partial charge in [-0.15, -0.1) is 0 Å². The van der Waals surface area contributed by atoms with Crippen LogP contribution >= 0.6 is 0 Å². The predicted molar refractivity (Wildman–Crippen MR) is 81.4 cm³/mol. The lowest BCUT2D eigenvalue weighted by Gasteiger charge is -2.38. The molecule has 0 radical (unpaired) electrons. The Kier molecular flexibility index (Phi) is 6.12. The molecular formula is C11H21N3O7S2. The maximum atomic E-state index is 12.3. The van der Waals surface area contributed by atoms with Gasteiger partial charge in [0.1, 0.15) is 12.1 Å². The molecule has 0 aromatic heterocycles. The highest BCUT2D eigenvalue weighted by Crippen LogP contribution is 2.16. The van der Waals surface area contributed by atoms with Crippen LogP contribution in [0.3, 0.4) is 0 Å². The smallest absolute Gasteiger partial charge is 0.328 e. The number of carbonyl (C=O) groups excluding carboxylic acids is 2. The molecule has 23 heavy (non-hydrogen) atoms. The van der Waals surface area contributed by atoms with Crippen molar-refractivity contribution in [3.05, 3.63) is 0 Å². The zero-order valence-electron chi connectivity index (χ0n) is 13.3. The molecule has 2 unspecified atom stereocenters. The van der Waals surface area contributed by atoms with Gasteiger partial charge in [0.15, 0.2) is 0 Å². The van der Waals surface area contributed by atoms with Crippen molar-refractivity contribution in [2.45, 2.75) is 19.0 Å². The van der Waals surface area contributed by atoms with Crippen LogP contribution in [0.15, 0.2) is 0 Å². The molecule has 1 aliphatic rings. The number of nitrogens with one attached hydrogen (secondary N) is 1. The summed E-state index contributed by atoms with van der Waals surface area (Å²) in [6, 6.07) is -2.23. The molecule has 0 spiro atoms. The highest BCUT2D eigenvalue weighted by molar-refractivity contribution is 7.88. The van der Waals surface area contributed by atoms with Gasteiger partial charge in [-0.05, 0) is 6.92 Å². The first-order valence-corrected chi connectivity index (χ1v) is 10.4. The summed E-state index contributed by atoms with van der Waals surface area (Å²) in [5.74, 6) is -1.46. The Balaban J connectivity index is 3.02. The van der Waals surface area contributed by atoms with E-state index in [1.165, 1.54) is 6.92 Å². The standard InChI is InChI=1S/C11H21N3O7S2/c1-8(11(16)21-2)12-10(15)9-7-13(22(3,17)18)5-6-14(9)23(4,19)20/h8-9H,5-7H2,1-4H3,(H,12,15). The second-order valence-corrected chi connectivity index (χ2v) is 9.18. The molecule has 0 aliphatic carbocycles. The van der Waals surface area contributed by atoms with Gasteiger partial charge in [-0.2, -0.15) is 8.61 Å². The number of hydrogen-bond acceptors (Lipinski definition) is 7. The van der Waals surface area contributed by atoms with E-state index in [-0.39, 0.29) is 19.6 Å². The zero-order chi connectivity index (χ0) is 18.0. The third-order valence-corrected chi connectivity index (χ3v) is 5.96. The number of amides is 1. The SMILES string of the molecule is COC(=O)C(C)NC(=O)C1CN(S(C)(=O)=O)CCN1S(C)(=O)=O. The lowest BCUT2D eigenvalue weighted by molar-refractivity contribution is -0.145. The molecule has 2 atom stereocenters. The first kappa shape index (κ1) is 19.8. The first-order chi connectivity index (χ1) is 10.4. The summed E-state index contributed by atoms with van der Waals surface area (Å²) >= 11 is 0. The Morgan fingerprint density at radius 2 is 1.70 bits per heavy atom. The maximum absolute atomic E-state index is 12.3. The molecule has 0 aromatic carbocycles. The average molecular weight is 371 g/mol. The number of nitrogens with zero attached hydrogens (tertiary/aromatic N) is 2. The number of sulfonamides is 2. The van der Waals surface area contributed by atoms with Gasteiger partial charge >= 0.3 is 5.97 Å². The Morgan fingerprint density at radius 3 is 2.13 bits per heavy atom. The number of hydrogen-bond donors (Lipinski definition) is 1. The third-order valence-electron chi connectivity index (χ3n) is 3.41. The highest BCUT2D eigenvalue weighted by atomic mass is 32.2. The van der Waals surface area contributed by atoms with Crippen molar-refractivity contribution < 1.29 is 31.2 Å². The van der Waals surface area contributed by atoms with Crippen LogP contribution in [0.2, 0.25) is 0 Å². The van der Waals surface area contributed by atoms with Gasteiger partial charge in [-0.3, -0.25) is 4.79 Å². The van der Waals surface area contributed by atoms with Gasteiger partial charge in [0.2, 0.25) is 26.0 Å². The Bertz CT molecular complexity index is 674. The van der Waals surface area contributed by atoms with Crippen molar-refractivity contribution in [3.63, 3.8) is 0 Å². The summed E-state index contributed by atoms with van der Waals surface area (Å²) in [7, 11) is -6.13. The first-order valence-electron chi connectivity index (χ1n) is 6.68. The van der Waals surface area contributed by atoms with E-state index in [1.807, 2.05) is 0 Å². The molecule has 134 valence electrons. The lowest BCUT2D eigenvalue weighted by atomic mass is 10.2. The van der Waals surface area contributed by atoms with E-state index >= 15 is 0 Å². The van der Waals surface area contributed by atoms with Crippen LogP contribution in [0.4, 0.5) is 0 Å². The molecule has 1 rings (SSSR count). The van der Waals surface area contributed by atoms with E-state index in [4.69, 9.17) is 0 Å². The van der Waals surface area contributed by atoms with Crippen molar-refractivity contribution in [2.24, 2.45) is 0 Å². The van der Waals surface area contributed by atoms with E-state index in [2.05, 4.69) is 10.1 Å². The molecule has 10 nitrogen and oxygen atoms in total. The largest absolute Gasteiger partial charge is 0.467 e. The quantitative estimate of drug-likeness (QED) is 0.532. The second kappa shape index (κ2) is 7.11. The molecule has 0 saturated carbocycles. The van der Waals surface area contributed by atoms with Crippen LogP contribution in [0, 0.1) is 0 Å². The van der Waals surface area contributed by atoms with Crippen LogP contribution in [-0.2, 0) is 34.4 Å². The van der Waals surface area contributed by atoms with Crippen molar-refractivity contribution >= 4 is 31.9 Å². The van der Waals surface area contributed by atoms with Gasteiger partial charge in [-0.25, -0.2) is 21.6 Å². The summed E-state index contributed by atoms with van der Waals surface area (Å²) in [5.41, 5.74) is 0. The fraction of sp³-hybridized carbons (Fsp3) is 0.818. The molecule has 1 fully saturated rings. The minimum Gasteiger partial charge on any atom is -0.467 e. The van der Waals surface area contributed by atoms with Crippen LogP contribution in [0.1, 0.15) is 6.92 Å². The van der Waals surface area contributed by atoms with Crippen LogP contribution in [0.25, 0.3) is 0 Å². The lowest BCUT2D eigenvalue weighted by Crippen LogP contribution is -2.62. The molecule has 0 bridgehead atoms. The van der Waals surface area contributed by atoms with Crippen molar-refractivity contribution in [1.82, 2.24) is 13.9 Å². The number of esters is 1. The molecule has 1 N–H and O–H groups in total. The van der Waals surface area contributed by atoms with Gasteiger partial charge in [-0.1, -0.05) is 0 Å². The summed E-state index contributed by atoms with van der Waals surface area (Å²) in [4.78, 5) is 23.7. The van der Waals surface area contributed by atoms with Crippen molar-refractivity contribution in [1.29, 1.82) is 0 Å². The molecule has 1 amide bonds. The summed E-state index contributed by atoms with van der Waals surface area (Å²) in [6.45, 7) is 0.885. The number of rotatable bonds is 5. The molecular weight excluding hydrogens is 350 g/mol. The van der Waals surface area contributed by atoms with Gasteiger partial charge in [0.25, 0.3) is 0 Å². The normalized spacial score (nSPS) is 22.3. The predicted octanol–water partition coefficient (Wildman–Crippen LogP) is -2.43. The van der Waals surface area contributed by atoms with Crippen LogP contribution in [-0.4, -0.2) is 88.7 Å². The third kappa shape index (κ3) is 5.12. The monoisotopic (exact) mass is 371 g/mol. The summed E-state index contributed by atoms with van der Waals surface area (Å²) in [6.07, 6.45) is 1.92. The molecule has 1 saturated heterocycles. The van der Waals surface area contributed by atoms with Gasteiger partial charge < -0.3 is 10.1 Å². The maximum Gasteiger partial charge on any atom is 0.328 e. The van der Waals surface area contributed by atoms with E-state index in [1.54, 1.807) is 0 Å². The number of piperazine rings is 1. The molecule has 1 heterocycles. The molecule has 0 aromatic rings. The summed E-state index contributed by atoms with van der Waals surface area (Å²) in [5, 5.41) is 2.33. The Labute approximate surface area is 135 Å². The van der Waals surface area contributed by atoms with Crippen molar-refractivity contribution in [3.8, 4) is 0 Å². The fourth-order valence-corrected chi connectivity index (χ4v) is 4.06. The summed E-state index contributed by atoms with van der Waals surface area (Å²) < 4.78 is 53.4. The number of ether oxygens (including phenoxy) is 1. The minimum absolute atomic E-state index is 0.0394. The van der Waals surface area contributed by atoms with Crippen LogP contribution < -0.4 is 5.32 Å². The van der Waals surface area contributed by atoms with Gasteiger partial charge in [0, 0.05) is 19.6 Å². The van der Waals surface area contributed by atoms with E-state index in [0.29, 0.717) is 0 Å². The zero-order valence-corrected chi connectivity index (χ0v) is 15.0. The van der Waals surface area contributed by atoms with E-state index in [0.717, 1.165) is 28.2 Å². The average Bonchev–Trinajstić information content (AvgIpc) is 2.43. The van der Waals surface area contributed by atoms with E-state index in [9.17, 15) is 26.4 Å². The fourth-order valence-electron chi connectivity index (χ4n) is 2.20. The Morgan fingerprint density at radius 1 is 1.13 bits per heavy atom. The number of methoxy groups -OCH3 is 1. The molecule has 12 heteroatoms. The molecule has 1 aliphatic heterocycles. The second-order valence-electron chi connectivity index (χ2n) is 5.26. The highest BCUT2D eigenvalue weighted by Gasteiger charge is 2.40.